The number of halogens is 2. The van der Waals surface area contributed by atoms with E-state index in [1.807, 2.05) is 6.92 Å². The van der Waals surface area contributed by atoms with E-state index >= 15 is 0 Å². The molecule has 2 nitrogen and oxygen atoms in total. The molecule has 0 aromatic heterocycles. The van der Waals surface area contributed by atoms with Gasteiger partial charge in [-0.05, 0) is 13.3 Å². The summed E-state index contributed by atoms with van der Waals surface area (Å²) in [6, 6.07) is 0. The first-order valence-corrected chi connectivity index (χ1v) is 5.58. The molecule has 0 radical (unpaired) electrons. The predicted molar refractivity (Wildman–Crippen MR) is 57.5 cm³/mol. The van der Waals surface area contributed by atoms with Gasteiger partial charge in [0.05, 0.1) is 5.54 Å². The molecule has 1 amide bonds. The highest BCUT2D eigenvalue weighted by atomic mass is 35.5. The Labute approximate surface area is 90.0 Å². The van der Waals surface area contributed by atoms with Crippen molar-refractivity contribution in [2.45, 2.75) is 38.6 Å². The molecule has 0 bridgehead atoms. The topological polar surface area (TPSA) is 29.1 Å². The van der Waals surface area contributed by atoms with E-state index in [-0.39, 0.29) is 5.91 Å². The molecular formula is C9H17Cl2NO. The third-order valence-corrected chi connectivity index (χ3v) is 2.97. The molecule has 4 heteroatoms. The molecule has 1 N–H and O–H groups in total. The second-order valence-corrected chi connectivity index (χ2v) is 4.01. The summed E-state index contributed by atoms with van der Waals surface area (Å²) in [5, 5.41) is 2.82. The van der Waals surface area contributed by atoms with E-state index in [1.165, 1.54) is 0 Å². The third kappa shape index (κ3) is 5.37. The Morgan fingerprint density at radius 2 is 1.92 bits per heavy atom. The van der Waals surface area contributed by atoms with E-state index < -0.39 is 5.54 Å². The maximum Gasteiger partial charge on any atom is 0.220 e. The Kier molecular flexibility index (Phi) is 6.52. The van der Waals surface area contributed by atoms with Crippen molar-refractivity contribution in [3.63, 3.8) is 0 Å². The van der Waals surface area contributed by atoms with E-state index in [0.29, 0.717) is 18.2 Å². The van der Waals surface area contributed by atoms with Gasteiger partial charge < -0.3 is 5.32 Å². The van der Waals surface area contributed by atoms with Gasteiger partial charge in [-0.3, -0.25) is 4.79 Å². The Morgan fingerprint density at radius 1 is 1.38 bits per heavy atom. The summed E-state index contributed by atoms with van der Waals surface area (Å²) >= 11 is 11.4. The number of unbranched alkanes of at least 4 members (excludes halogenated alkanes) is 1. The van der Waals surface area contributed by atoms with Crippen LogP contribution in [0.15, 0.2) is 0 Å². The van der Waals surface area contributed by atoms with E-state index in [4.69, 9.17) is 23.2 Å². The standard InChI is InChI=1S/C9H17Cl2NO/c1-3-4-5-8(13)12-9(2,6-10)7-11/h3-7H2,1-2H3,(H,12,13). The van der Waals surface area contributed by atoms with Crippen LogP contribution in [0.5, 0.6) is 0 Å². The minimum atomic E-state index is -0.464. The van der Waals surface area contributed by atoms with E-state index in [0.717, 1.165) is 12.8 Å². The Bertz CT molecular complexity index is 158. The zero-order valence-electron chi connectivity index (χ0n) is 8.20. The van der Waals surface area contributed by atoms with E-state index in [1.54, 1.807) is 0 Å². The average molecular weight is 226 g/mol. The molecule has 0 aliphatic carbocycles. The molecule has 0 heterocycles. The number of hydrogen-bond acceptors (Lipinski definition) is 1. The van der Waals surface area contributed by atoms with Gasteiger partial charge in [-0.25, -0.2) is 0 Å². The lowest BCUT2D eigenvalue weighted by Gasteiger charge is -2.25. The van der Waals surface area contributed by atoms with Crippen LogP contribution in [0.4, 0.5) is 0 Å². The molecule has 0 aliphatic rings. The number of alkyl halides is 2. The minimum Gasteiger partial charge on any atom is -0.349 e. The minimum absolute atomic E-state index is 0.0330. The van der Waals surface area contributed by atoms with Gasteiger partial charge in [0.15, 0.2) is 0 Å². The monoisotopic (exact) mass is 225 g/mol. The van der Waals surface area contributed by atoms with Crippen molar-refractivity contribution in [1.29, 1.82) is 0 Å². The molecule has 0 fully saturated rings. The van der Waals surface area contributed by atoms with E-state index in [9.17, 15) is 4.79 Å². The van der Waals surface area contributed by atoms with Crippen LogP contribution < -0.4 is 5.32 Å². The number of nitrogens with one attached hydrogen (secondary N) is 1. The second-order valence-electron chi connectivity index (χ2n) is 3.48. The number of amides is 1. The van der Waals surface area contributed by atoms with Crippen LogP contribution in [0.1, 0.15) is 33.1 Å². The number of carbonyl (C=O) groups is 1. The van der Waals surface area contributed by atoms with Gasteiger partial charge in [-0.15, -0.1) is 23.2 Å². The van der Waals surface area contributed by atoms with Crippen LogP contribution in [0, 0.1) is 0 Å². The molecule has 0 aromatic carbocycles. The Morgan fingerprint density at radius 3 is 2.31 bits per heavy atom. The van der Waals surface area contributed by atoms with Crippen molar-refractivity contribution >= 4 is 29.1 Å². The Hall–Kier alpha value is 0.0500. The summed E-state index contributed by atoms with van der Waals surface area (Å²) in [6.45, 7) is 3.90. The van der Waals surface area contributed by atoms with Gasteiger partial charge in [0, 0.05) is 18.2 Å². The summed E-state index contributed by atoms with van der Waals surface area (Å²) in [6.07, 6.45) is 2.48. The lowest BCUT2D eigenvalue weighted by Crippen LogP contribution is -2.49. The summed E-state index contributed by atoms with van der Waals surface area (Å²) in [5.74, 6) is 0.716. The van der Waals surface area contributed by atoms with Crippen LogP contribution in [0.3, 0.4) is 0 Å². The van der Waals surface area contributed by atoms with Gasteiger partial charge in [-0.1, -0.05) is 13.3 Å². The highest BCUT2D eigenvalue weighted by Crippen LogP contribution is 2.09. The van der Waals surface area contributed by atoms with Crippen molar-refractivity contribution in [2.75, 3.05) is 11.8 Å². The van der Waals surface area contributed by atoms with Gasteiger partial charge in [0.25, 0.3) is 0 Å². The van der Waals surface area contributed by atoms with Crippen molar-refractivity contribution in [2.24, 2.45) is 0 Å². The first-order valence-electron chi connectivity index (χ1n) is 4.51. The molecule has 0 atom stereocenters. The lowest BCUT2D eigenvalue weighted by atomic mass is 10.1. The summed E-state index contributed by atoms with van der Waals surface area (Å²) < 4.78 is 0. The van der Waals surface area contributed by atoms with Crippen molar-refractivity contribution in [3.05, 3.63) is 0 Å². The molecule has 0 spiro atoms. The zero-order chi connectivity index (χ0) is 10.3. The molecular weight excluding hydrogens is 209 g/mol. The number of hydrogen-bond donors (Lipinski definition) is 1. The van der Waals surface area contributed by atoms with E-state index in [2.05, 4.69) is 12.2 Å². The molecule has 78 valence electrons. The molecule has 0 saturated carbocycles. The fourth-order valence-electron chi connectivity index (χ4n) is 0.839. The first kappa shape index (κ1) is 13.1. The smallest absolute Gasteiger partial charge is 0.220 e. The van der Waals surface area contributed by atoms with Crippen molar-refractivity contribution < 1.29 is 4.79 Å². The normalized spacial score (nSPS) is 11.4. The molecule has 0 aliphatic heterocycles. The second kappa shape index (κ2) is 6.50. The van der Waals surface area contributed by atoms with Crippen molar-refractivity contribution in [3.8, 4) is 0 Å². The Balaban J connectivity index is 3.87. The van der Waals surface area contributed by atoms with Gasteiger partial charge >= 0.3 is 0 Å². The third-order valence-electron chi connectivity index (χ3n) is 1.79. The van der Waals surface area contributed by atoms with Gasteiger partial charge in [0.1, 0.15) is 0 Å². The zero-order valence-corrected chi connectivity index (χ0v) is 9.71. The lowest BCUT2D eigenvalue weighted by molar-refractivity contribution is -0.122. The fourth-order valence-corrected chi connectivity index (χ4v) is 1.26. The average Bonchev–Trinajstić information content (AvgIpc) is 2.14. The van der Waals surface area contributed by atoms with Crippen LogP contribution >= 0.6 is 23.2 Å². The van der Waals surface area contributed by atoms with Crippen LogP contribution in [0.25, 0.3) is 0 Å². The highest BCUT2D eigenvalue weighted by Gasteiger charge is 2.23. The SMILES string of the molecule is CCCCC(=O)NC(C)(CCl)CCl. The molecule has 0 saturated heterocycles. The summed E-state index contributed by atoms with van der Waals surface area (Å²) in [7, 11) is 0. The quantitative estimate of drug-likeness (QED) is 0.693. The first-order chi connectivity index (χ1) is 6.08. The summed E-state index contributed by atoms with van der Waals surface area (Å²) in [4.78, 5) is 11.3. The highest BCUT2D eigenvalue weighted by molar-refractivity contribution is 6.22. The van der Waals surface area contributed by atoms with Gasteiger partial charge in [-0.2, -0.15) is 0 Å². The fraction of sp³-hybridized carbons (Fsp3) is 0.889. The summed E-state index contributed by atoms with van der Waals surface area (Å²) in [5.41, 5.74) is -0.464. The van der Waals surface area contributed by atoms with Crippen LogP contribution in [0.2, 0.25) is 0 Å². The van der Waals surface area contributed by atoms with Crippen LogP contribution in [-0.4, -0.2) is 23.2 Å². The number of carbonyl (C=O) groups excluding carboxylic acids is 1. The van der Waals surface area contributed by atoms with Gasteiger partial charge in [0.2, 0.25) is 5.91 Å². The largest absolute Gasteiger partial charge is 0.349 e. The molecule has 0 rings (SSSR count). The number of rotatable bonds is 6. The predicted octanol–water partition coefficient (Wildman–Crippen LogP) is 2.53. The maximum atomic E-state index is 11.3. The van der Waals surface area contributed by atoms with Crippen LogP contribution in [-0.2, 0) is 4.79 Å². The molecule has 0 unspecified atom stereocenters. The molecule has 13 heavy (non-hydrogen) atoms. The molecule has 0 aromatic rings. The maximum absolute atomic E-state index is 11.3. The van der Waals surface area contributed by atoms with Crippen molar-refractivity contribution in [1.82, 2.24) is 5.32 Å².